The molecule has 0 bridgehead atoms. The third-order valence-corrected chi connectivity index (χ3v) is 4.06. The van der Waals surface area contributed by atoms with Crippen molar-refractivity contribution in [1.29, 1.82) is 0 Å². The molecule has 2 rings (SSSR count). The lowest BCUT2D eigenvalue weighted by Gasteiger charge is -2.12. The molecule has 9 nitrogen and oxygen atoms in total. The maximum absolute atomic E-state index is 12.3. The number of methoxy groups -OCH3 is 2. The number of halogens is 1. The molecule has 0 saturated heterocycles. The molecule has 0 unspecified atom stereocenters. The number of carbonyl (C=O) groups is 2. The van der Waals surface area contributed by atoms with Crippen LogP contribution in [0.25, 0.3) is 0 Å². The number of esters is 1. The van der Waals surface area contributed by atoms with Gasteiger partial charge in [0, 0.05) is 16.6 Å². The molecule has 1 N–H and O–H groups in total. The van der Waals surface area contributed by atoms with Gasteiger partial charge in [-0.1, -0.05) is 6.07 Å². The number of ether oxygens (including phenoxy) is 3. The Balaban J connectivity index is 2.04. The van der Waals surface area contributed by atoms with Gasteiger partial charge in [0.1, 0.15) is 17.1 Å². The number of rotatable bonds is 7. The standard InChI is InChI=1S/C17H15BrN2O7/c1-25-13-4-3-5-14(26-2)16(13)17(22)27-9-15(21)19-12-7-6-10(20(23)24)8-11(12)18/h3-8H,9H2,1-2H3,(H,19,21). The largest absolute Gasteiger partial charge is 0.496 e. The predicted octanol–water partition coefficient (Wildman–Crippen LogP) is 3.17. The number of nitro benzene ring substituents is 1. The second kappa shape index (κ2) is 8.99. The van der Waals surface area contributed by atoms with Gasteiger partial charge in [-0.15, -0.1) is 0 Å². The molecule has 0 saturated carbocycles. The van der Waals surface area contributed by atoms with E-state index < -0.39 is 23.4 Å². The van der Waals surface area contributed by atoms with Crippen LogP contribution in [0.1, 0.15) is 10.4 Å². The third-order valence-electron chi connectivity index (χ3n) is 3.40. The van der Waals surface area contributed by atoms with Gasteiger partial charge in [0.25, 0.3) is 11.6 Å². The summed E-state index contributed by atoms with van der Waals surface area (Å²) in [6, 6.07) is 8.63. The van der Waals surface area contributed by atoms with Crippen molar-refractivity contribution < 1.29 is 28.7 Å². The first kappa shape index (κ1) is 20.2. The van der Waals surface area contributed by atoms with Crippen LogP contribution in [0.5, 0.6) is 11.5 Å². The van der Waals surface area contributed by atoms with Crippen molar-refractivity contribution in [1.82, 2.24) is 0 Å². The lowest BCUT2D eigenvalue weighted by Crippen LogP contribution is -2.21. The van der Waals surface area contributed by atoms with Crippen molar-refractivity contribution in [2.45, 2.75) is 0 Å². The average Bonchev–Trinajstić information content (AvgIpc) is 2.66. The van der Waals surface area contributed by atoms with Gasteiger partial charge in [0.15, 0.2) is 6.61 Å². The number of nitrogens with one attached hydrogen (secondary N) is 1. The van der Waals surface area contributed by atoms with Crippen LogP contribution >= 0.6 is 15.9 Å². The van der Waals surface area contributed by atoms with Gasteiger partial charge in [0.2, 0.25) is 0 Å². The van der Waals surface area contributed by atoms with Crippen LogP contribution < -0.4 is 14.8 Å². The molecule has 2 aromatic rings. The normalized spacial score (nSPS) is 10.0. The van der Waals surface area contributed by atoms with E-state index in [-0.39, 0.29) is 22.7 Å². The average molecular weight is 439 g/mol. The molecule has 0 heterocycles. The summed E-state index contributed by atoms with van der Waals surface area (Å²) in [7, 11) is 2.79. The fraction of sp³-hybridized carbons (Fsp3) is 0.176. The van der Waals surface area contributed by atoms with E-state index in [4.69, 9.17) is 14.2 Å². The van der Waals surface area contributed by atoms with Crippen LogP contribution in [0, 0.1) is 10.1 Å². The fourth-order valence-electron chi connectivity index (χ4n) is 2.16. The third kappa shape index (κ3) is 4.94. The first-order chi connectivity index (χ1) is 12.9. The zero-order chi connectivity index (χ0) is 20.0. The van der Waals surface area contributed by atoms with Gasteiger partial charge in [-0.05, 0) is 34.1 Å². The number of anilines is 1. The van der Waals surface area contributed by atoms with Crippen LogP contribution in [0.3, 0.4) is 0 Å². The Morgan fingerprint density at radius 1 is 1.15 bits per heavy atom. The molecular formula is C17H15BrN2O7. The Labute approximate surface area is 162 Å². The van der Waals surface area contributed by atoms with E-state index in [2.05, 4.69) is 21.2 Å². The topological polar surface area (TPSA) is 117 Å². The van der Waals surface area contributed by atoms with Crippen molar-refractivity contribution in [3.63, 3.8) is 0 Å². The first-order valence-corrected chi connectivity index (χ1v) is 8.28. The van der Waals surface area contributed by atoms with Crippen molar-refractivity contribution in [3.8, 4) is 11.5 Å². The van der Waals surface area contributed by atoms with Crippen molar-refractivity contribution in [2.75, 3.05) is 26.1 Å². The summed E-state index contributed by atoms with van der Waals surface area (Å²) in [5.74, 6) is -0.912. The second-order valence-corrected chi connectivity index (χ2v) is 5.94. The van der Waals surface area contributed by atoms with E-state index in [0.717, 1.165) is 0 Å². The molecule has 0 aromatic heterocycles. The molecule has 0 fully saturated rings. The minimum atomic E-state index is -0.790. The molecule has 0 atom stereocenters. The Morgan fingerprint density at radius 2 is 1.78 bits per heavy atom. The monoisotopic (exact) mass is 438 g/mol. The minimum absolute atomic E-state index is 0.0619. The molecule has 0 aliphatic heterocycles. The maximum atomic E-state index is 12.3. The zero-order valence-corrected chi connectivity index (χ0v) is 15.9. The quantitative estimate of drug-likeness (QED) is 0.400. The Hall–Kier alpha value is -3.14. The van der Waals surface area contributed by atoms with E-state index in [1.54, 1.807) is 18.2 Å². The predicted molar refractivity (Wildman–Crippen MR) is 99.3 cm³/mol. The van der Waals surface area contributed by atoms with Gasteiger partial charge in [-0.2, -0.15) is 0 Å². The molecule has 142 valence electrons. The van der Waals surface area contributed by atoms with E-state index in [9.17, 15) is 19.7 Å². The fourth-order valence-corrected chi connectivity index (χ4v) is 2.63. The van der Waals surface area contributed by atoms with Crippen LogP contribution in [0.4, 0.5) is 11.4 Å². The summed E-state index contributed by atoms with van der Waals surface area (Å²) in [5.41, 5.74) is 0.234. The van der Waals surface area contributed by atoms with E-state index in [1.165, 1.54) is 32.4 Å². The number of nitrogens with zero attached hydrogens (tertiary/aromatic N) is 1. The molecule has 0 spiro atoms. The van der Waals surface area contributed by atoms with Crippen molar-refractivity contribution in [2.24, 2.45) is 0 Å². The van der Waals surface area contributed by atoms with E-state index >= 15 is 0 Å². The smallest absolute Gasteiger partial charge is 0.346 e. The molecule has 0 radical (unpaired) electrons. The van der Waals surface area contributed by atoms with Crippen LogP contribution in [0.15, 0.2) is 40.9 Å². The number of carbonyl (C=O) groups excluding carboxylic acids is 2. The number of nitro groups is 1. The van der Waals surface area contributed by atoms with Crippen LogP contribution in [-0.2, 0) is 9.53 Å². The Morgan fingerprint density at radius 3 is 2.30 bits per heavy atom. The van der Waals surface area contributed by atoms with E-state index in [0.29, 0.717) is 10.2 Å². The second-order valence-electron chi connectivity index (χ2n) is 5.08. The summed E-state index contributed by atoms with van der Waals surface area (Å²) in [4.78, 5) is 34.5. The SMILES string of the molecule is COc1cccc(OC)c1C(=O)OCC(=O)Nc1ccc([N+](=O)[O-])cc1Br. The molecule has 0 aliphatic rings. The van der Waals surface area contributed by atoms with Crippen LogP contribution in [-0.4, -0.2) is 37.6 Å². The van der Waals surface area contributed by atoms with Gasteiger partial charge in [-0.3, -0.25) is 14.9 Å². The number of non-ortho nitro benzene ring substituents is 1. The highest BCUT2D eigenvalue weighted by atomic mass is 79.9. The van der Waals surface area contributed by atoms with Gasteiger partial charge >= 0.3 is 5.97 Å². The van der Waals surface area contributed by atoms with E-state index in [1.807, 2.05) is 0 Å². The summed E-state index contributed by atoms with van der Waals surface area (Å²) < 4.78 is 15.6. The summed E-state index contributed by atoms with van der Waals surface area (Å²) in [6.45, 7) is -0.566. The zero-order valence-electron chi connectivity index (χ0n) is 14.4. The van der Waals surface area contributed by atoms with Crippen LogP contribution in [0.2, 0.25) is 0 Å². The molecule has 27 heavy (non-hydrogen) atoms. The lowest BCUT2D eigenvalue weighted by molar-refractivity contribution is -0.384. The molecular weight excluding hydrogens is 424 g/mol. The molecule has 1 amide bonds. The number of amides is 1. The Bertz CT molecular complexity index is 863. The minimum Gasteiger partial charge on any atom is -0.496 e. The molecule has 2 aromatic carbocycles. The van der Waals surface area contributed by atoms with Gasteiger partial charge < -0.3 is 19.5 Å². The number of benzene rings is 2. The highest BCUT2D eigenvalue weighted by Crippen LogP contribution is 2.29. The molecule has 10 heteroatoms. The lowest BCUT2D eigenvalue weighted by atomic mass is 10.2. The highest BCUT2D eigenvalue weighted by molar-refractivity contribution is 9.10. The number of hydrogen-bond acceptors (Lipinski definition) is 7. The highest BCUT2D eigenvalue weighted by Gasteiger charge is 2.21. The summed E-state index contributed by atoms with van der Waals surface area (Å²) in [5, 5.41) is 13.2. The summed E-state index contributed by atoms with van der Waals surface area (Å²) >= 11 is 3.14. The van der Waals surface area contributed by atoms with Gasteiger partial charge in [0.05, 0.1) is 24.8 Å². The molecule has 0 aliphatic carbocycles. The van der Waals surface area contributed by atoms with Crippen molar-refractivity contribution in [3.05, 3.63) is 56.5 Å². The summed E-state index contributed by atoms with van der Waals surface area (Å²) in [6.07, 6.45) is 0. The van der Waals surface area contributed by atoms with Gasteiger partial charge in [-0.25, -0.2) is 4.79 Å². The first-order valence-electron chi connectivity index (χ1n) is 7.49. The number of hydrogen-bond donors (Lipinski definition) is 1. The maximum Gasteiger partial charge on any atom is 0.346 e. The Kier molecular flexibility index (Phi) is 6.72. The van der Waals surface area contributed by atoms with Crippen molar-refractivity contribution >= 4 is 39.2 Å².